The molecule has 124 valence electrons. The van der Waals surface area contributed by atoms with Gasteiger partial charge in [-0.1, -0.05) is 6.42 Å². The van der Waals surface area contributed by atoms with E-state index in [1.54, 1.807) is 0 Å². The van der Waals surface area contributed by atoms with Crippen molar-refractivity contribution in [1.29, 1.82) is 0 Å². The van der Waals surface area contributed by atoms with E-state index in [1.165, 1.54) is 19.3 Å². The van der Waals surface area contributed by atoms with Gasteiger partial charge in [-0.25, -0.2) is 0 Å². The average Bonchev–Trinajstić information content (AvgIpc) is 2.53. The summed E-state index contributed by atoms with van der Waals surface area (Å²) in [5.41, 5.74) is 7.17. The van der Waals surface area contributed by atoms with Crippen LogP contribution in [-0.4, -0.2) is 31.4 Å². The van der Waals surface area contributed by atoms with Crippen LogP contribution >= 0.6 is 0 Å². The third-order valence-corrected chi connectivity index (χ3v) is 5.09. The Balaban J connectivity index is 1.57. The minimum atomic E-state index is -0.221. The highest BCUT2D eigenvalue weighted by molar-refractivity contribution is 5.94. The van der Waals surface area contributed by atoms with Crippen LogP contribution in [-0.2, 0) is 4.79 Å². The maximum Gasteiger partial charge on any atom is 0.251 e. The molecular weight excluding hydrogens is 290 g/mol. The number of carbonyl (C=O) groups excluding carboxylic acids is 2. The summed E-state index contributed by atoms with van der Waals surface area (Å²) < 4.78 is 0. The molecule has 2 fully saturated rings. The van der Waals surface area contributed by atoms with Gasteiger partial charge in [0.2, 0.25) is 5.91 Å². The van der Waals surface area contributed by atoms with Crippen LogP contribution in [0.5, 0.6) is 0 Å². The molecule has 23 heavy (non-hydrogen) atoms. The van der Waals surface area contributed by atoms with Crippen LogP contribution in [0.3, 0.4) is 0 Å². The number of hydrogen-bond donors (Lipinski definition) is 2. The highest BCUT2D eigenvalue weighted by atomic mass is 16.2. The third kappa shape index (κ3) is 3.84. The van der Waals surface area contributed by atoms with Gasteiger partial charge >= 0.3 is 0 Å². The average molecular weight is 315 g/mol. The number of benzene rings is 1. The molecule has 2 aliphatic rings. The van der Waals surface area contributed by atoms with Crippen molar-refractivity contribution in [3.8, 4) is 0 Å². The topological polar surface area (TPSA) is 75.4 Å². The molecule has 0 radical (unpaired) electrons. The molecule has 1 aromatic rings. The van der Waals surface area contributed by atoms with Gasteiger partial charge in [-0.05, 0) is 55.9 Å². The van der Waals surface area contributed by atoms with Crippen molar-refractivity contribution in [1.82, 2.24) is 5.32 Å². The standard InChI is InChI=1S/C18H25N3O2/c19-17(22)15-5-2-10-21(12-15)16-8-6-14(7-9-16)18(23)20-11-13-3-1-4-13/h6-9,13,15H,1-5,10-12H2,(H2,19,22)(H,20,23). The number of rotatable bonds is 5. The summed E-state index contributed by atoms with van der Waals surface area (Å²) in [5.74, 6) is 0.366. The van der Waals surface area contributed by atoms with E-state index in [-0.39, 0.29) is 17.7 Å². The zero-order chi connectivity index (χ0) is 16.2. The van der Waals surface area contributed by atoms with Crippen LogP contribution in [0.4, 0.5) is 5.69 Å². The van der Waals surface area contributed by atoms with Gasteiger partial charge in [0.15, 0.2) is 0 Å². The fraction of sp³-hybridized carbons (Fsp3) is 0.556. The van der Waals surface area contributed by atoms with Gasteiger partial charge in [-0.2, -0.15) is 0 Å². The van der Waals surface area contributed by atoms with Gasteiger partial charge in [0.1, 0.15) is 0 Å². The summed E-state index contributed by atoms with van der Waals surface area (Å²) >= 11 is 0. The van der Waals surface area contributed by atoms with Crippen molar-refractivity contribution in [2.45, 2.75) is 32.1 Å². The molecule has 0 spiro atoms. The maximum absolute atomic E-state index is 12.1. The number of primary amides is 1. The molecular formula is C18H25N3O2. The van der Waals surface area contributed by atoms with Crippen LogP contribution in [0, 0.1) is 11.8 Å². The Morgan fingerprint density at radius 3 is 2.48 bits per heavy atom. The molecule has 1 saturated heterocycles. The summed E-state index contributed by atoms with van der Waals surface area (Å²) in [6.45, 7) is 2.38. The summed E-state index contributed by atoms with van der Waals surface area (Å²) in [7, 11) is 0. The number of nitrogens with one attached hydrogen (secondary N) is 1. The molecule has 1 aromatic carbocycles. The second-order valence-electron chi connectivity index (χ2n) is 6.74. The van der Waals surface area contributed by atoms with E-state index >= 15 is 0 Å². The van der Waals surface area contributed by atoms with Crippen LogP contribution in [0.2, 0.25) is 0 Å². The second kappa shape index (κ2) is 7.02. The zero-order valence-electron chi connectivity index (χ0n) is 13.5. The lowest BCUT2D eigenvalue weighted by Crippen LogP contribution is -2.41. The molecule has 1 aliphatic heterocycles. The van der Waals surface area contributed by atoms with Crippen molar-refractivity contribution in [2.24, 2.45) is 17.6 Å². The molecule has 3 N–H and O–H groups in total. The van der Waals surface area contributed by atoms with E-state index in [4.69, 9.17) is 5.73 Å². The Labute approximate surface area is 137 Å². The van der Waals surface area contributed by atoms with Crippen LogP contribution < -0.4 is 16.0 Å². The quantitative estimate of drug-likeness (QED) is 0.871. The molecule has 1 aliphatic carbocycles. The number of carbonyl (C=O) groups is 2. The van der Waals surface area contributed by atoms with Gasteiger partial charge in [0, 0.05) is 30.9 Å². The van der Waals surface area contributed by atoms with Gasteiger partial charge in [-0.15, -0.1) is 0 Å². The number of hydrogen-bond acceptors (Lipinski definition) is 3. The van der Waals surface area contributed by atoms with E-state index < -0.39 is 0 Å². The lowest BCUT2D eigenvalue weighted by atomic mass is 9.85. The number of nitrogens with zero attached hydrogens (tertiary/aromatic N) is 1. The number of piperidine rings is 1. The SMILES string of the molecule is NC(=O)C1CCCN(c2ccc(C(=O)NCC3CCC3)cc2)C1. The second-order valence-corrected chi connectivity index (χ2v) is 6.74. The van der Waals surface area contributed by atoms with Crippen molar-refractivity contribution < 1.29 is 9.59 Å². The Morgan fingerprint density at radius 1 is 1.13 bits per heavy atom. The fourth-order valence-corrected chi connectivity index (χ4v) is 3.30. The van der Waals surface area contributed by atoms with Crippen molar-refractivity contribution in [3.63, 3.8) is 0 Å². The molecule has 5 heteroatoms. The Bertz CT molecular complexity index is 566. The lowest BCUT2D eigenvalue weighted by Gasteiger charge is -2.33. The van der Waals surface area contributed by atoms with Crippen molar-refractivity contribution >= 4 is 17.5 Å². The highest BCUT2D eigenvalue weighted by Gasteiger charge is 2.24. The first-order chi connectivity index (χ1) is 11.1. The third-order valence-electron chi connectivity index (χ3n) is 5.09. The predicted octanol–water partition coefficient (Wildman–Crippen LogP) is 1.92. The molecule has 3 rings (SSSR count). The Morgan fingerprint density at radius 2 is 1.87 bits per heavy atom. The maximum atomic E-state index is 12.1. The monoisotopic (exact) mass is 315 g/mol. The first-order valence-corrected chi connectivity index (χ1v) is 8.56. The minimum Gasteiger partial charge on any atom is -0.371 e. The molecule has 0 bridgehead atoms. The first-order valence-electron chi connectivity index (χ1n) is 8.56. The van der Waals surface area contributed by atoms with E-state index in [1.807, 2.05) is 24.3 Å². The Kier molecular flexibility index (Phi) is 4.84. The van der Waals surface area contributed by atoms with Gasteiger partial charge < -0.3 is 16.0 Å². The lowest BCUT2D eigenvalue weighted by molar-refractivity contribution is -0.122. The number of amides is 2. The van der Waals surface area contributed by atoms with Crippen molar-refractivity contribution in [3.05, 3.63) is 29.8 Å². The van der Waals surface area contributed by atoms with Gasteiger partial charge in [0.05, 0.1) is 5.92 Å². The molecule has 1 unspecified atom stereocenters. The predicted molar refractivity (Wildman–Crippen MR) is 90.2 cm³/mol. The highest BCUT2D eigenvalue weighted by Crippen LogP contribution is 2.26. The summed E-state index contributed by atoms with van der Waals surface area (Å²) in [4.78, 5) is 25.7. The number of nitrogens with two attached hydrogens (primary N) is 1. The summed E-state index contributed by atoms with van der Waals surface area (Å²) in [6, 6.07) is 7.64. The van der Waals surface area contributed by atoms with E-state index in [9.17, 15) is 9.59 Å². The van der Waals surface area contributed by atoms with E-state index in [0.29, 0.717) is 18.0 Å². The smallest absolute Gasteiger partial charge is 0.251 e. The first kappa shape index (κ1) is 15.8. The number of anilines is 1. The van der Waals surface area contributed by atoms with Crippen molar-refractivity contribution in [2.75, 3.05) is 24.5 Å². The van der Waals surface area contributed by atoms with E-state index in [2.05, 4.69) is 10.2 Å². The van der Waals surface area contributed by atoms with Crippen LogP contribution in [0.25, 0.3) is 0 Å². The molecule has 1 heterocycles. The van der Waals surface area contributed by atoms with Gasteiger partial charge in [-0.3, -0.25) is 9.59 Å². The molecule has 1 saturated carbocycles. The Hall–Kier alpha value is -2.04. The molecule has 2 amide bonds. The largest absolute Gasteiger partial charge is 0.371 e. The molecule has 1 atom stereocenters. The zero-order valence-corrected chi connectivity index (χ0v) is 13.5. The molecule has 0 aromatic heterocycles. The fourth-order valence-electron chi connectivity index (χ4n) is 3.30. The van der Waals surface area contributed by atoms with Crippen LogP contribution in [0.15, 0.2) is 24.3 Å². The summed E-state index contributed by atoms with van der Waals surface area (Å²) in [6.07, 6.45) is 5.59. The normalized spacial score (nSPS) is 21.6. The van der Waals surface area contributed by atoms with Crippen LogP contribution in [0.1, 0.15) is 42.5 Å². The minimum absolute atomic E-state index is 0.00268. The van der Waals surface area contributed by atoms with E-state index in [0.717, 1.165) is 31.6 Å². The molecule has 5 nitrogen and oxygen atoms in total. The summed E-state index contributed by atoms with van der Waals surface area (Å²) in [5, 5.41) is 3.01. The van der Waals surface area contributed by atoms with Gasteiger partial charge in [0.25, 0.3) is 5.91 Å².